The summed E-state index contributed by atoms with van der Waals surface area (Å²) in [6.45, 7) is 3.01. The van der Waals surface area contributed by atoms with Crippen LogP contribution in [0.15, 0.2) is 58.7 Å². The van der Waals surface area contributed by atoms with Crippen LogP contribution in [0.25, 0.3) is 0 Å². The van der Waals surface area contributed by atoms with Crippen molar-refractivity contribution in [3.8, 4) is 0 Å². The second-order valence-electron chi connectivity index (χ2n) is 7.71. The molecule has 1 fully saturated rings. The van der Waals surface area contributed by atoms with E-state index in [1.54, 1.807) is 0 Å². The van der Waals surface area contributed by atoms with Gasteiger partial charge in [-0.15, -0.1) is 0 Å². The van der Waals surface area contributed by atoms with Gasteiger partial charge < -0.3 is 10.2 Å². The van der Waals surface area contributed by atoms with Crippen molar-refractivity contribution in [1.29, 1.82) is 0 Å². The highest BCUT2D eigenvalue weighted by atomic mass is 19.3. The van der Waals surface area contributed by atoms with Gasteiger partial charge in [0.2, 0.25) is 0 Å². The number of fused-ring (bicyclic) bond motifs is 2. The normalized spacial score (nSPS) is 23.6. The fraction of sp³-hybridized carbons (Fsp3) is 0.381. The summed E-state index contributed by atoms with van der Waals surface area (Å²) in [5.74, 6) is 0.346. The largest absolute Gasteiger partial charge is 0.340 e. The molecule has 0 bridgehead atoms. The first kappa shape index (κ1) is 17.4. The number of allylic oxidation sites excluding steroid dienone is 3. The fourth-order valence-electron chi connectivity index (χ4n) is 4.16. The Kier molecular flexibility index (Phi) is 4.01. The molecule has 0 saturated heterocycles. The van der Waals surface area contributed by atoms with Crippen molar-refractivity contribution in [2.75, 3.05) is 6.54 Å². The highest BCUT2D eigenvalue weighted by Gasteiger charge is 2.41. The van der Waals surface area contributed by atoms with Gasteiger partial charge in [0.15, 0.2) is 0 Å². The molecular weight excluding hydrogens is 362 g/mol. The minimum atomic E-state index is -2.62. The summed E-state index contributed by atoms with van der Waals surface area (Å²) in [5, 5.41) is 4.60. The Morgan fingerprint density at radius 1 is 1.18 bits per heavy atom. The van der Waals surface area contributed by atoms with E-state index in [0.717, 1.165) is 30.4 Å². The van der Waals surface area contributed by atoms with E-state index in [9.17, 15) is 13.6 Å². The molecule has 0 aromatic heterocycles. The molecule has 146 valence electrons. The van der Waals surface area contributed by atoms with Gasteiger partial charge in [0.1, 0.15) is 11.5 Å². The molecule has 1 unspecified atom stereocenters. The monoisotopic (exact) mass is 384 g/mol. The fourth-order valence-corrected chi connectivity index (χ4v) is 4.16. The van der Waals surface area contributed by atoms with Gasteiger partial charge in [0.05, 0.1) is 11.6 Å². The lowest BCUT2D eigenvalue weighted by molar-refractivity contribution is -0.128. The Labute approximate surface area is 162 Å². The van der Waals surface area contributed by atoms with Crippen molar-refractivity contribution in [1.82, 2.24) is 20.7 Å². The Bertz CT molecular complexity index is 943. The molecule has 1 aromatic rings. The maximum atomic E-state index is 13.7. The van der Waals surface area contributed by atoms with Gasteiger partial charge in [-0.05, 0) is 49.0 Å². The number of rotatable bonds is 2. The van der Waals surface area contributed by atoms with Crippen LogP contribution in [0.4, 0.5) is 8.78 Å². The van der Waals surface area contributed by atoms with Gasteiger partial charge in [-0.2, -0.15) is 0 Å². The van der Waals surface area contributed by atoms with Crippen LogP contribution >= 0.6 is 0 Å². The van der Waals surface area contributed by atoms with Gasteiger partial charge in [-0.1, -0.05) is 24.3 Å². The van der Waals surface area contributed by atoms with E-state index in [1.165, 1.54) is 16.6 Å². The van der Waals surface area contributed by atoms with E-state index in [4.69, 9.17) is 0 Å². The van der Waals surface area contributed by atoms with Gasteiger partial charge >= 0.3 is 0 Å². The molecule has 3 aliphatic heterocycles. The third-order valence-electron chi connectivity index (χ3n) is 5.79. The summed E-state index contributed by atoms with van der Waals surface area (Å²) in [6.07, 6.45) is 1.51. The molecule has 1 saturated carbocycles. The first-order chi connectivity index (χ1) is 13.5. The molecule has 28 heavy (non-hydrogen) atoms. The van der Waals surface area contributed by atoms with E-state index in [-0.39, 0.29) is 17.6 Å². The molecule has 0 radical (unpaired) electrons. The van der Waals surface area contributed by atoms with Crippen molar-refractivity contribution >= 4 is 5.91 Å². The molecule has 5 rings (SSSR count). The number of benzene rings is 1. The van der Waals surface area contributed by atoms with E-state index in [2.05, 4.69) is 16.8 Å². The second-order valence-corrected chi connectivity index (χ2v) is 7.71. The number of carbonyl (C=O) groups is 1. The molecule has 1 atom stereocenters. The second kappa shape index (κ2) is 6.44. The molecule has 2 N–H and O–H groups in total. The van der Waals surface area contributed by atoms with Crippen molar-refractivity contribution < 1.29 is 13.6 Å². The number of hydrazine groups is 1. The molecule has 4 aliphatic rings. The van der Waals surface area contributed by atoms with Crippen LogP contribution < -0.4 is 10.7 Å². The summed E-state index contributed by atoms with van der Waals surface area (Å²) < 4.78 is 27.3. The first-order valence-electron chi connectivity index (χ1n) is 9.68. The maximum Gasteiger partial charge on any atom is 0.280 e. The topological polar surface area (TPSA) is 47.6 Å². The summed E-state index contributed by atoms with van der Waals surface area (Å²) >= 11 is 0. The standard InChI is InChI=1S/C21H22F2N4O/c1-12-18(21(28)26-9-8-13-4-2-3-5-15(13)11-26)20-24-16(14-6-7-14)10-17(19(22)23)27(20)25-12/h2-5,10,12,19,24-25H,6-9,11H2,1H3. The SMILES string of the molecule is CC1NN2C(C(F)F)=CC(=C3CC3)NC2=C1C(=O)N1CCc2ccccc2C1. The summed E-state index contributed by atoms with van der Waals surface area (Å²) in [5.41, 5.74) is 7.70. The van der Waals surface area contributed by atoms with E-state index >= 15 is 0 Å². The average molecular weight is 384 g/mol. The number of hydrogen-bond donors (Lipinski definition) is 2. The number of nitrogens with one attached hydrogen (secondary N) is 2. The van der Waals surface area contributed by atoms with Crippen LogP contribution in [-0.2, 0) is 17.8 Å². The number of nitrogens with zero attached hydrogens (tertiary/aromatic N) is 2. The number of hydrogen-bond acceptors (Lipinski definition) is 4. The lowest BCUT2D eigenvalue weighted by Gasteiger charge is -2.31. The van der Waals surface area contributed by atoms with E-state index < -0.39 is 6.43 Å². The summed E-state index contributed by atoms with van der Waals surface area (Å²) in [4.78, 5) is 15.2. The maximum absolute atomic E-state index is 13.7. The molecule has 3 heterocycles. The van der Waals surface area contributed by atoms with E-state index in [0.29, 0.717) is 30.2 Å². The number of alkyl halides is 2. The number of carbonyl (C=O) groups excluding carboxylic acids is 1. The van der Waals surface area contributed by atoms with Crippen LogP contribution in [0.3, 0.4) is 0 Å². The van der Waals surface area contributed by atoms with Gasteiger partial charge in [0, 0.05) is 18.8 Å². The van der Waals surface area contributed by atoms with Gasteiger partial charge in [0.25, 0.3) is 12.3 Å². The third-order valence-corrected chi connectivity index (χ3v) is 5.79. The van der Waals surface area contributed by atoms with E-state index in [1.807, 2.05) is 30.0 Å². The molecular formula is C21H22F2N4O. The van der Waals surface area contributed by atoms with Gasteiger partial charge in [-0.25, -0.2) is 14.2 Å². The highest BCUT2D eigenvalue weighted by Crippen LogP contribution is 2.38. The smallest absolute Gasteiger partial charge is 0.280 e. The average Bonchev–Trinajstić information content (AvgIpc) is 3.48. The molecule has 1 amide bonds. The highest BCUT2D eigenvalue weighted by molar-refractivity contribution is 5.96. The van der Waals surface area contributed by atoms with Crippen LogP contribution in [0.5, 0.6) is 0 Å². The predicted octanol–water partition coefficient (Wildman–Crippen LogP) is 2.79. The lowest BCUT2D eigenvalue weighted by atomic mass is 9.98. The van der Waals surface area contributed by atoms with Crippen molar-refractivity contribution in [2.24, 2.45) is 0 Å². The minimum Gasteiger partial charge on any atom is -0.340 e. The zero-order chi connectivity index (χ0) is 19.4. The van der Waals surface area contributed by atoms with Crippen LogP contribution in [0.2, 0.25) is 0 Å². The first-order valence-corrected chi connectivity index (χ1v) is 9.68. The molecule has 5 nitrogen and oxygen atoms in total. The van der Waals surface area contributed by atoms with Crippen molar-refractivity contribution in [3.05, 3.63) is 69.8 Å². The lowest BCUT2D eigenvalue weighted by Crippen LogP contribution is -2.43. The number of amides is 1. The molecule has 7 heteroatoms. The number of halogens is 2. The Hall–Kier alpha value is -2.67. The van der Waals surface area contributed by atoms with Crippen molar-refractivity contribution in [2.45, 2.75) is 45.2 Å². The zero-order valence-electron chi connectivity index (χ0n) is 15.6. The molecule has 0 spiro atoms. The van der Waals surface area contributed by atoms with Crippen LogP contribution in [0.1, 0.15) is 30.9 Å². The van der Waals surface area contributed by atoms with Crippen LogP contribution in [0, 0.1) is 0 Å². The minimum absolute atomic E-state index is 0.102. The molecule has 1 aromatic carbocycles. The summed E-state index contributed by atoms with van der Waals surface area (Å²) in [6, 6.07) is 7.78. The van der Waals surface area contributed by atoms with Crippen molar-refractivity contribution in [3.63, 3.8) is 0 Å². The Balaban J connectivity index is 1.50. The molecule has 1 aliphatic carbocycles. The summed E-state index contributed by atoms with van der Waals surface area (Å²) in [7, 11) is 0. The quantitative estimate of drug-likeness (QED) is 0.823. The van der Waals surface area contributed by atoms with Gasteiger partial charge in [-0.3, -0.25) is 9.80 Å². The van der Waals surface area contributed by atoms with Crippen LogP contribution in [-0.4, -0.2) is 34.8 Å². The third kappa shape index (κ3) is 2.81. The predicted molar refractivity (Wildman–Crippen MR) is 101 cm³/mol. The Morgan fingerprint density at radius 2 is 1.93 bits per heavy atom. The zero-order valence-corrected chi connectivity index (χ0v) is 15.6. The Morgan fingerprint density at radius 3 is 2.64 bits per heavy atom.